The number of hydrogen-bond donors (Lipinski definition) is 1. The van der Waals surface area contributed by atoms with Crippen molar-refractivity contribution in [2.45, 2.75) is 31.4 Å². The van der Waals surface area contributed by atoms with Gasteiger partial charge in [-0.1, -0.05) is 0 Å². The number of anilines is 1. The number of amides is 1. The normalized spacial score (nSPS) is 15.7. The highest BCUT2D eigenvalue weighted by atomic mass is 32.2. The van der Waals surface area contributed by atoms with Gasteiger partial charge in [-0.05, 0) is 49.1 Å². The van der Waals surface area contributed by atoms with E-state index in [2.05, 4.69) is 4.98 Å². The van der Waals surface area contributed by atoms with E-state index in [-0.39, 0.29) is 12.3 Å². The van der Waals surface area contributed by atoms with Crippen LogP contribution >= 0.6 is 0 Å². The molecular formula is C18H20FN3O3S. The zero-order valence-corrected chi connectivity index (χ0v) is 15.4. The summed E-state index contributed by atoms with van der Waals surface area (Å²) in [5, 5.41) is 4.40. The molecular weight excluding hydrogens is 357 g/mol. The maximum Gasteiger partial charge on any atom is 0.227 e. The molecule has 1 aliphatic rings. The molecule has 1 atom stereocenters. The highest BCUT2D eigenvalue weighted by Crippen LogP contribution is 2.33. The zero-order chi connectivity index (χ0) is 19.1. The van der Waals surface area contributed by atoms with E-state index in [4.69, 9.17) is 5.14 Å². The molecule has 26 heavy (non-hydrogen) atoms. The summed E-state index contributed by atoms with van der Waals surface area (Å²) in [7, 11) is -2.01. The minimum atomic E-state index is -3.65. The fraction of sp³-hybridized carbons (Fsp3) is 0.333. The smallest absolute Gasteiger partial charge is 0.227 e. The van der Waals surface area contributed by atoms with E-state index < -0.39 is 21.1 Å². The average Bonchev–Trinajstić information content (AvgIpc) is 2.58. The first-order chi connectivity index (χ1) is 12.2. The van der Waals surface area contributed by atoms with E-state index in [0.29, 0.717) is 35.2 Å². The average molecular weight is 377 g/mol. The molecule has 1 aromatic heterocycles. The summed E-state index contributed by atoms with van der Waals surface area (Å²) >= 11 is 0. The van der Waals surface area contributed by atoms with E-state index in [0.717, 1.165) is 5.56 Å². The van der Waals surface area contributed by atoms with E-state index in [1.54, 1.807) is 25.4 Å². The molecule has 138 valence electrons. The number of aromatic nitrogens is 1. The van der Waals surface area contributed by atoms with Gasteiger partial charge in [0.05, 0.1) is 5.25 Å². The predicted octanol–water partition coefficient (Wildman–Crippen LogP) is 2.02. The second-order valence-corrected chi connectivity index (χ2v) is 8.58. The Labute approximate surface area is 151 Å². The lowest BCUT2D eigenvalue weighted by atomic mass is 9.95. The third kappa shape index (κ3) is 3.61. The number of benzene rings is 1. The van der Waals surface area contributed by atoms with Gasteiger partial charge in [-0.15, -0.1) is 0 Å². The van der Waals surface area contributed by atoms with Gasteiger partial charge in [0.15, 0.2) is 0 Å². The Morgan fingerprint density at radius 3 is 2.69 bits per heavy atom. The van der Waals surface area contributed by atoms with Crippen LogP contribution in [0.2, 0.25) is 0 Å². The van der Waals surface area contributed by atoms with Crippen molar-refractivity contribution in [2.24, 2.45) is 5.14 Å². The van der Waals surface area contributed by atoms with Crippen LogP contribution in [0.3, 0.4) is 0 Å². The van der Waals surface area contributed by atoms with Crippen LogP contribution in [0.1, 0.15) is 24.5 Å². The van der Waals surface area contributed by atoms with Crippen molar-refractivity contribution in [2.75, 3.05) is 11.9 Å². The van der Waals surface area contributed by atoms with Crippen LogP contribution < -0.4 is 10.0 Å². The number of primary sulfonamides is 1. The molecule has 0 radical (unpaired) electrons. The summed E-state index contributed by atoms with van der Waals surface area (Å²) < 4.78 is 37.5. The lowest BCUT2D eigenvalue weighted by Gasteiger charge is -2.26. The lowest BCUT2D eigenvalue weighted by Crippen LogP contribution is -2.31. The van der Waals surface area contributed by atoms with Gasteiger partial charge in [0.2, 0.25) is 15.9 Å². The Kier molecular flexibility index (Phi) is 4.81. The van der Waals surface area contributed by atoms with Crippen molar-refractivity contribution in [3.05, 3.63) is 47.5 Å². The number of carbonyl (C=O) groups excluding carboxylic acids is 1. The molecule has 2 aromatic rings. The Hall–Kier alpha value is -2.32. The second kappa shape index (κ2) is 6.77. The number of carbonyl (C=O) groups is 1. The number of rotatable bonds is 4. The third-order valence-electron chi connectivity index (χ3n) is 4.70. The van der Waals surface area contributed by atoms with E-state index in [1.165, 1.54) is 24.1 Å². The summed E-state index contributed by atoms with van der Waals surface area (Å²) in [6.45, 7) is 1.52. The van der Waals surface area contributed by atoms with E-state index in [1.807, 2.05) is 0 Å². The van der Waals surface area contributed by atoms with E-state index in [9.17, 15) is 17.6 Å². The number of fused-ring (bicyclic) bond motifs is 1. The number of pyridine rings is 1. The van der Waals surface area contributed by atoms with Gasteiger partial charge in [0, 0.05) is 42.7 Å². The quantitative estimate of drug-likeness (QED) is 0.882. The number of nitrogens with zero attached hydrogens (tertiary/aromatic N) is 2. The molecule has 0 aliphatic carbocycles. The zero-order valence-electron chi connectivity index (χ0n) is 14.6. The van der Waals surface area contributed by atoms with Crippen molar-refractivity contribution in [1.82, 2.24) is 4.98 Å². The van der Waals surface area contributed by atoms with Crippen molar-refractivity contribution >= 4 is 21.6 Å². The largest absolute Gasteiger partial charge is 0.315 e. The highest BCUT2D eigenvalue weighted by Gasteiger charge is 2.23. The molecule has 3 rings (SSSR count). The Balaban J connectivity index is 1.97. The molecule has 0 bridgehead atoms. The number of aryl methyl sites for hydroxylation is 1. The molecule has 0 saturated heterocycles. The summed E-state index contributed by atoms with van der Waals surface area (Å²) in [6, 6.07) is 4.82. The molecule has 2 heterocycles. The Morgan fingerprint density at radius 2 is 2.00 bits per heavy atom. The second-order valence-electron chi connectivity index (χ2n) is 6.60. The summed E-state index contributed by atoms with van der Waals surface area (Å²) in [5.74, 6) is -0.492. The van der Waals surface area contributed by atoms with Gasteiger partial charge in [-0.3, -0.25) is 9.78 Å². The predicted molar refractivity (Wildman–Crippen MR) is 97.6 cm³/mol. The van der Waals surface area contributed by atoms with Gasteiger partial charge in [-0.2, -0.15) is 0 Å². The first kappa shape index (κ1) is 18.5. The lowest BCUT2D eigenvalue weighted by molar-refractivity contribution is -0.118. The third-order valence-corrected chi connectivity index (χ3v) is 5.99. The molecule has 8 heteroatoms. The monoisotopic (exact) mass is 377 g/mol. The van der Waals surface area contributed by atoms with Crippen LogP contribution in [0, 0.1) is 5.82 Å². The summed E-state index contributed by atoms with van der Waals surface area (Å²) in [4.78, 5) is 17.4. The first-order valence-electron chi connectivity index (χ1n) is 8.21. The van der Waals surface area contributed by atoms with Gasteiger partial charge in [-0.25, -0.2) is 17.9 Å². The van der Waals surface area contributed by atoms with Crippen molar-refractivity contribution in [3.8, 4) is 11.1 Å². The van der Waals surface area contributed by atoms with Crippen molar-refractivity contribution < 1.29 is 17.6 Å². The van der Waals surface area contributed by atoms with Gasteiger partial charge in [0.1, 0.15) is 5.82 Å². The number of nitrogens with two attached hydrogens (primary N) is 1. The first-order valence-corrected chi connectivity index (χ1v) is 9.82. The fourth-order valence-electron chi connectivity index (χ4n) is 3.08. The number of sulfonamides is 1. The molecule has 1 aromatic carbocycles. The van der Waals surface area contributed by atoms with Crippen LogP contribution in [0.25, 0.3) is 11.1 Å². The number of halogens is 1. The summed E-state index contributed by atoms with van der Waals surface area (Å²) in [5.41, 5.74) is 3.07. The van der Waals surface area contributed by atoms with E-state index >= 15 is 0 Å². The SMILES string of the molecule is CC(Cc1cncc(-c2cc3c(cc2F)N(C)C(=O)CC3)c1)S(N)(=O)=O. The molecule has 1 aliphatic heterocycles. The molecule has 6 nitrogen and oxygen atoms in total. The van der Waals surface area contributed by atoms with Gasteiger partial charge in [0.25, 0.3) is 0 Å². The van der Waals surface area contributed by atoms with Gasteiger partial charge >= 0.3 is 0 Å². The standard InChI is InChI=1S/C18H20FN3O3S/c1-11(26(20,24)25)5-12-6-14(10-21-9-12)15-7-13-3-4-18(23)22(2)17(13)8-16(15)19/h6-11H,3-5H2,1-2H3,(H2,20,24,25). The topological polar surface area (TPSA) is 93.4 Å². The molecule has 1 unspecified atom stereocenters. The minimum Gasteiger partial charge on any atom is -0.315 e. The molecule has 0 spiro atoms. The van der Waals surface area contributed by atoms with Crippen LogP contribution in [-0.2, 0) is 27.7 Å². The van der Waals surface area contributed by atoms with Crippen LogP contribution in [0.4, 0.5) is 10.1 Å². The molecule has 1 amide bonds. The van der Waals surface area contributed by atoms with Crippen LogP contribution in [-0.4, -0.2) is 31.6 Å². The van der Waals surface area contributed by atoms with Gasteiger partial charge < -0.3 is 4.90 Å². The van der Waals surface area contributed by atoms with Crippen molar-refractivity contribution in [1.29, 1.82) is 0 Å². The minimum absolute atomic E-state index is 0.0368. The molecule has 0 saturated carbocycles. The maximum atomic E-state index is 14.7. The maximum absolute atomic E-state index is 14.7. The fourth-order valence-corrected chi connectivity index (χ4v) is 3.50. The Morgan fingerprint density at radius 1 is 1.27 bits per heavy atom. The summed E-state index contributed by atoms with van der Waals surface area (Å²) in [6.07, 6.45) is 4.23. The van der Waals surface area contributed by atoms with Crippen LogP contribution in [0.15, 0.2) is 30.6 Å². The Bertz CT molecular complexity index is 976. The molecule has 0 fully saturated rings. The highest BCUT2D eigenvalue weighted by molar-refractivity contribution is 7.89. The number of hydrogen-bond acceptors (Lipinski definition) is 4. The van der Waals surface area contributed by atoms with Crippen LogP contribution in [0.5, 0.6) is 0 Å². The van der Waals surface area contributed by atoms with Crippen molar-refractivity contribution in [3.63, 3.8) is 0 Å². The molecule has 2 N–H and O–H groups in total.